The van der Waals surface area contributed by atoms with E-state index < -0.39 is 0 Å². The van der Waals surface area contributed by atoms with Crippen molar-refractivity contribution < 1.29 is 14.3 Å². The minimum absolute atomic E-state index is 0.114. The Morgan fingerprint density at radius 2 is 1.79 bits per heavy atom. The zero-order valence-corrected chi connectivity index (χ0v) is 7.50. The van der Waals surface area contributed by atoms with Gasteiger partial charge in [-0.05, 0) is 23.3 Å². The molecule has 0 saturated carbocycles. The van der Waals surface area contributed by atoms with Crippen LogP contribution in [0.3, 0.4) is 0 Å². The van der Waals surface area contributed by atoms with Gasteiger partial charge in [0.1, 0.15) is 0 Å². The molecule has 0 unspecified atom stereocenters. The lowest BCUT2D eigenvalue weighted by molar-refractivity contribution is 0.100. The van der Waals surface area contributed by atoms with Crippen LogP contribution in [0.4, 0.5) is 0 Å². The van der Waals surface area contributed by atoms with Crippen LogP contribution in [0.15, 0.2) is 18.7 Å². The predicted octanol–water partition coefficient (Wildman–Crippen LogP) is 2.01. The molecule has 1 aliphatic heterocycles. The minimum Gasteiger partial charge on any atom is -0.454 e. The number of benzene rings is 1. The summed E-state index contributed by atoms with van der Waals surface area (Å²) < 4.78 is 10.4. The third-order valence-electron chi connectivity index (χ3n) is 2.57. The van der Waals surface area contributed by atoms with Crippen LogP contribution in [0.5, 0.6) is 11.5 Å². The Morgan fingerprint density at radius 3 is 2.50 bits per heavy atom. The van der Waals surface area contributed by atoms with E-state index in [1.165, 1.54) is 0 Å². The van der Waals surface area contributed by atoms with E-state index in [4.69, 9.17) is 9.47 Å². The van der Waals surface area contributed by atoms with Crippen molar-refractivity contribution in [2.45, 2.75) is 6.42 Å². The molecular weight excluding hydrogens is 180 g/mol. The first-order valence-electron chi connectivity index (χ1n) is 4.41. The van der Waals surface area contributed by atoms with Crippen LogP contribution in [-0.4, -0.2) is 12.6 Å². The highest BCUT2D eigenvalue weighted by atomic mass is 16.7. The molecule has 0 atom stereocenters. The number of ketones is 1. The topological polar surface area (TPSA) is 35.5 Å². The van der Waals surface area contributed by atoms with Gasteiger partial charge in [-0.2, -0.15) is 0 Å². The van der Waals surface area contributed by atoms with Gasteiger partial charge in [-0.3, -0.25) is 4.79 Å². The molecule has 0 aromatic heterocycles. The highest BCUT2D eigenvalue weighted by Gasteiger charge is 2.27. The molecule has 14 heavy (non-hydrogen) atoms. The van der Waals surface area contributed by atoms with E-state index in [0.717, 1.165) is 11.1 Å². The third-order valence-corrected chi connectivity index (χ3v) is 2.57. The number of hydrogen-bond acceptors (Lipinski definition) is 3. The molecule has 1 aliphatic carbocycles. The van der Waals surface area contributed by atoms with Crippen molar-refractivity contribution in [1.29, 1.82) is 0 Å². The quantitative estimate of drug-likeness (QED) is 0.624. The minimum atomic E-state index is 0.114. The Kier molecular flexibility index (Phi) is 1.29. The van der Waals surface area contributed by atoms with Gasteiger partial charge in [0.2, 0.25) is 6.79 Å². The molecule has 3 nitrogen and oxygen atoms in total. The van der Waals surface area contributed by atoms with Crippen molar-refractivity contribution in [3.8, 4) is 11.5 Å². The molecule has 70 valence electrons. The van der Waals surface area contributed by atoms with Gasteiger partial charge in [0.05, 0.1) is 0 Å². The Labute approximate surface area is 80.9 Å². The second-order valence-corrected chi connectivity index (χ2v) is 3.45. The molecule has 2 aliphatic rings. The molecule has 0 fully saturated rings. The van der Waals surface area contributed by atoms with E-state index in [9.17, 15) is 4.79 Å². The molecular formula is C11H8O3. The summed E-state index contributed by atoms with van der Waals surface area (Å²) >= 11 is 0. The maximum atomic E-state index is 11.5. The van der Waals surface area contributed by atoms with Crippen LogP contribution >= 0.6 is 0 Å². The first-order valence-corrected chi connectivity index (χ1v) is 4.41. The third kappa shape index (κ3) is 0.839. The van der Waals surface area contributed by atoms with Crippen LogP contribution in [0, 0.1) is 0 Å². The van der Waals surface area contributed by atoms with Crippen molar-refractivity contribution in [2.75, 3.05) is 6.79 Å². The second-order valence-electron chi connectivity index (χ2n) is 3.45. The van der Waals surface area contributed by atoms with Gasteiger partial charge in [0.25, 0.3) is 0 Å². The zero-order valence-electron chi connectivity index (χ0n) is 7.50. The number of ether oxygens (including phenoxy) is 2. The smallest absolute Gasteiger partial charge is 0.231 e. The number of Topliss-reactive ketones (excluding diaryl/α,β-unsaturated/α-hetero) is 1. The molecule has 0 spiro atoms. The summed E-state index contributed by atoms with van der Waals surface area (Å²) in [6.07, 6.45) is 0.415. The van der Waals surface area contributed by atoms with Crippen molar-refractivity contribution in [2.24, 2.45) is 0 Å². The number of rotatable bonds is 0. The van der Waals surface area contributed by atoms with Gasteiger partial charge in [0.15, 0.2) is 17.3 Å². The SMILES string of the molecule is C=C1CC(=O)c2cc3c(cc21)OCO3. The van der Waals surface area contributed by atoms with E-state index in [1.54, 1.807) is 6.07 Å². The van der Waals surface area contributed by atoms with Gasteiger partial charge in [-0.25, -0.2) is 0 Å². The van der Waals surface area contributed by atoms with Gasteiger partial charge in [0, 0.05) is 12.0 Å². The monoisotopic (exact) mass is 188 g/mol. The molecule has 0 N–H and O–H groups in total. The zero-order chi connectivity index (χ0) is 9.71. The van der Waals surface area contributed by atoms with Crippen molar-refractivity contribution in [3.05, 3.63) is 29.8 Å². The summed E-state index contributed by atoms with van der Waals surface area (Å²) in [5, 5.41) is 0. The Hall–Kier alpha value is -1.77. The highest BCUT2D eigenvalue weighted by Crippen LogP contribution is 2.41. The second kappa shape index (κ2) is 2.38. The number of fused-ring (bicyclic) bond motifs is 2. The Morgan fingerprint density at radius 1 is 1.14 bits per heavy atom. The van der Waals surface area contributed by atoms with Gasteiger partial charge in [-0.15, -0.1) is 0 Å². The van der Waals surface area contributed by atoms with Gasteiger partial charge in [-0.1, -0.05) is 6.58 Å². The van der Waals surface area contributed by atoms with Gasteiger partial charge >= 0.3 is 0 Å². The molecule has 0 bridgehead atoms. The van der Waals surface area contributed by atoms with Crippen molar-refractivity contribution in [3.63, 3.8) is 0 Å². The highest BCUT2D eigenvalue weighted by molar-refractivity contribution is 6.12. The van der Waals surface area contributed by atoms with Crippen molar-refractivity contribution >= 4 is 11.4 Å². The summed E-state index contributed by atoms with van der Waals surface area (Å²) in [5.41, 5.74) is 2.47. The van der Waals surface area contributed by atoms with Crippen LogP contribution < -0.4 is 9.47 Å². The van der Waals surface area contributed by atoms with Crippen LogP contribution in [0.25, 0.3) is 5.57 Å². The van der Waals surface area contributed by atoms with Crippen LogP contribution in [0.1, 0.15) is 22.3 Å². The van der Waals surface area contributed by atoms with Crippen molar-refractivity contribution in [1.82, 2.24) is 0 Å². The first-order chi connectivity index (χ1) is 6.75. The van der Waals surface area contributed by atoms with E-state index in [2.05, 4.69) is 6.58 Å². The largest absolute Gasteiger partial charge is 0.454 e. The number of hydrogen-bond donors (Lipinski definition) is 0. The first kappa shape index (κ1) is 7.62. The fraction of sp³-hybridized carbons (Fsp3) is 0.182. The summed E-state index contributed by atoms with van der Waals surface area (Å²) in [6, 6.07) is 3.59. The van der Waals surface area contributed by atoms with Gasteiger partial charge < -0.3 is 9.47 Å². The number of allylic oxidation sites excluding steroid dienone is 1. The van der Waals surface area contributed by atoms with E-state index in [1.807, 2.05) is 6.07 Å². The standard InChI is InChI=1S/C11H8O3/c1-6-2-9(12)8-4-11-10(3-7(6)8)13-5-14-11/h3-4H,1-2,5H2. The molecule has 1 heterocycles. The fourth-order valence-electron chi connectivity index (χ4n) is 1.85. The molecule has 0 amide bonds. The average Bonchev–Trinajstić information content (AvgIpc) is 2.70. The normalized spacial score (nSPS) is 17.4. The van der Waals surface area contributed by atoms with Crippen LogP contribution in [-0.2, 0) is 0 Å². The van der Waals surface area contributed by atoms with Crippen LogP contribution in [0.2, 0.25) is 0 Å². The maximum Gasteiger partial charge on any atom is 0.231 e. The molecule has 1 aromatic carbocycles. The average molecular weight is 188 g/mol. The number of carbonyl (C=O) groups is 1. The lowest BCUT2D eigenvalue weighted by Gasteiger charge is -2.00. The lowest BCUT2D eigenvalue weighted by Crippen LogP contribution is -1.93. The van der Waals surface area contributed by atoms with E-state index in [-0.39, 0.29) is 12.6 Å². The Balaban J connectivity index is 2.26. The lowest BCUT2D eigenvalue weighted by atomic mass is 10.1. The predicted molar refractivity (Wildman–Crippen MR) is 50.5 cm³/mol. The molecule has 3 rings (SSSR count). The summed E-state index contributed by atoms with van der Waals surface area (Å²) in [5.74, 6) is 1.48. The summed E-state index contributed by atoms with van der Waals surface area (Å²) in [7, 11) is 0. The Bertz CT molecular complexity index is 419. The van der Waals surface area contributed by atoms with E-state index >= 15 is 0 Å². The summed E-state index contributed by atoms with van der Waals surface area (Å²) in [6.45, 7) is 4.09. The molecule has 0 saturated heterocycles. The molecule has 1 aromatic rings. The fourth-order valence-corrected chi connectivity index (χ4v) is 1.85. The molecule has 0 radical (unpaired) electrons. The number of carbonyl (C=O) groups excluding carboxylic acids is 1. The summed E-state index contributed by atoms with van der Waals surface area (Å²) in [4.78, 5) is 11.5. The maximum absolute atomic E-state index is 11.5. The van der Waals surface area contributed by atoms with E-state index in [0.29, 0.717) is 23.5 Å². The molecule has 3 heteroatoms.